The van der Waals surface area contributed by atoms with Gasteiger partial charge in [-0.05, 0) is 37.7 Å². The van der Waals surface area contributed by atoms with Crippen molar-refractivity contribution in [3.63, 3.8) is 0 Å². The molecule has 0 aliphatic carbocycles. The lowest BCUT2D eigenvalue weighted by Gasteiger charge is -2.22. The van der Waals surface area contributed by atoms with Gasteiger partial charge in [-0.3, -0.25) is 4.57 Å². The lowest BCUT2D eigenvalue weighted by molar-refractivity contribution is 0.593. The molecule has 3 rings (SSSR count). The van der Waals surface area contributed by atoms with Crippen LogP contribution in [0.15, 0.2) is 12.1 Å². The molecule has 1 aliphatic rings. The molecule has 1 atom stereocenters. The highest BCUT2D eigenvalue weighted by atomic mass is 32.2. The number of rotatable bonds is 2. The summed E-state index contributed by atoms with van der Waals surface area (Å²) in [6, 6.07) is 3.98. The Labute approximate surface area is 111 Å². The number of nitrogen functional groups attached to an aromatic ring is 1. The summed E-state index contributed by atoms with van der Waals surface area (Å²) < 4.78 is 2.07. The smallest absolute Gasteiger partial charge is 0.202 e. The summed E-state index contributed by atoms with van der Waals surface area (Å²) in [7, 11) is 0. The first kappa shape index (κ1) is 11.8. The number of imidazole rings is 1. The SMILES string of the molecule is Cc1ccc2nc(N)n(CC3CCCCS3)c2n1. The van der Waals surface area contributed by atoms with Crippen LogP contribution in [0.2, 0.25) is 0 Å². The van der Waals surface area contributed by atoms with Crippen molar-refractivity contribution in [2.45, 2.75) is 38.0 Å². The van der Waals surface area contributed by atoms with Crippen molar-refractivity contribution in [1.82, 2.24) is 14.5 Å². The third-order valence-corrected chi connectivity index (χ3v) is 4.80. The normalized spacial score (nSPS) is 20.4. The zero-order valence-electron chi connectivity index (χ0n) is 10.6. The minimum Gasteiger partial charge on any atom is -0.369 e. The van der Waals surface area contributed by atoms with E-state index in [4.69, 9.17) is 5.73 Å². The Morgan fingerprint density at radius 2 is 2.28 bits per heavy atom. The van der Waals surface area contributed by atoms with E-state index in [1.54, 1.807) is 0 Å². The van der Waals surface area contributed by atoms with E-state index in [0.717, 1.165) is 23.4 Å². The Morgan fingerprint density at radius 3 is 3.06 bits per heavy atom. The number of nitrogens with two attached hydrogens (primary N) is 1. The molecule has 1 unspecified atom stereocenters. The van der Waals surface area contributed by atoms with Gasteiger partial charge in [-0.15, -0.1) is 0 Å². The summed E-state index contributed by atoms with van der Waals surface area (Å²) in [5.74, 6) is 1.86. The minimum absolute atomic E-state index is 0.592. The van der Waals surface area contributed by atoms with Crippen LogP contribution in [0, 0.1) is 6.92 Å². The molecule has 3 heterocycles. The molecule has 1 fully saturated rings. The van der Waals surface area contributed by atoms with Gasteiger partial charge in [0.15, 0.2) is 5.65 Å². The van der Waals surface area contributed by atoms with Crippen molar-refractivity contribution in [1.29, 1.82) is 0 Å². The van der Waals surface area contributed by atoms with Crippen molar-refractivity contribution >= 4 is 28.9 Å². The number of hydrogen-bond acceptors (Lipinski definition) is 4. The number of nitrogens with zero attached hydrogens (tertiary/aromatic N) is 3. The van der Waals surface area contributed by atoms with Gasteiger partial charge in [0.05, 0.1) is 0 Å². The van der Waals surface area contributed by atoms with E-state index in [1.165, 1.54) is 25.0 Å². The van der Waals surface area contributed by atoms with E-state index in [9.17, 15) is 0 Å². The number of thioether (sulfide) groups is 1. The maximum absolute atomic E-state index is 6.02. The zero-order valence-corrected chi connectivity index (χ0v) is 11.4. The summed E-state index contributed by atoms with van der Waals surface area (Å²) in [5.41, 5.74) is 8.87. The molecule has 0 spiro atoms. The summed E-state index contributed by atoms with van der Waals surface area (Å²) in [4.78, 5) is 8.96. The van der Waals surface area contributed by atoms with E-state index in [1.807, 2.05) is 19.1 Å². The van der Waals surface area contributed by atoms with Crippen LogP contribution < -0.4 is 5.73 Å². The third-order valence-electron chi connectivity index (χ3n) is 3.42. The van der Waals surface area contributed by atoms with Crippen LogP contribution in [0.25, 0.3) is 11.2 Å². The highest BCUT2D eigenvalue weighted by molar-refractivity contribution is 7.99. The van der Waals surface area contributed by atoms with E-state index in [2.05, 4.69) is 26.3 Å². The van der Waals surface area contributed by atoms with E-state index < -0.39 is 0 Å². The van der Waals surface area contributed by atoms with Crippen molar-refractivity contribution in [2.75, 3.05) is 11.5 Å². The molecule has 5 heteroatoms. The van der Waals surface area contributed by atoms with Crippen molar-refractivity contribution in [3.05, 3.63) is 17.8 Å². The number of aryl methyl sites for hydroxylation is 1. The lowest BCUT2D eigenvalue weighted by atomic mass is 10.2. The van der Waals surface area contributed by atoms with Crippen molar-refractivity contribution in [2.24, 2.45) is 0 Å². The topological polar surface area (TPSA) is 56.7 Å². The first-order valence-corrected chi connectivity index (χ1v) is 7.50. The molecule has 2 aromatic rings. The Morgan fingerprint density at radius 1 is 1.39 bits per heavy atom. The van der Waals surface area contributed by atoms with Gasteiger partial charge in [-0.1, -0.05) is 6.42 Å². The van der Waals surface area contributed by atoms with Gasteiger partial charge in [-0.2, -0.15) is 11.8 Å². The average Bonchev–Trinajstić information content (AvgIpc) is 2.67. The predicted molar refractivity (Wildman–Crippen MR) is 76.8 cm³/mol. The lowest BCUT2D eigenvalue weighted by Crippen LogP contribution is -2.18. The Balaban J connectivity index is 1.94. The van der Waals surface area contributed by atoms with Crippen LogP contribution in [0.4, 0.5) is 5.95 Å². The fraction of sp³-hybridized carbons (Fsp3) is 0.538. The second-order valence-electron chi connectivity index (χ2n) is 4.86. The van der Waals surface area contributed by atoms with Gasteiger partial charge in [0.25, 0.3) is 0 Å². The fourth-order valence-electron chi connectivity index (χ4n) is 2.45. The molecule has 2 aromatic heterocycles. The molecule has 1 saturated heterocycles. The molecule has 0 amide bonds. The second kappa shape index (κ2) is 4.80. The van der Waals surface area contributed by atoms with Gasteiger partial charge in [0, 0.05) is 17.5 Å². The Bertz CT molecular complexity index is 557. The van der Waals surface area contributed by atoms with E-state index in [0.29, 0.717) is 11.2 Å². The molecule has 1 aliphatic heterocycles. The van der Waals surface area contributed by atoms with E-state index >= 15 is 0 Å². The third kappa shape index (κ3) is 2.19. The van der Waals surface area contributed by atoms with Crippen LogP contribution in [-0.2, 0) is 6.54 Å². The number of aromatic nitrogens is 3. The molecular formula is C13H18N4S. The first-order valence-electron chi connectivity index (χ1n) is 6.45. The summed E-state index contributed by atoms with van der Waals surface area (Å²) in [6.45, 7) is 2.94. The van der Waals surface area contributed by atoms with Crippen molar-refractivity contribution in [3.8, 4) is 0 Å². The highest BCUT2D eigenvalue weighted by Crippen LogP contribution is 2.28. The highest BCUT2D eigenvalue weighted by Gasteiger charge is 2.18. The standard InChI is InChI=1S/C13H18N4S/c1-9-5-6-11-12(15-9)17(13(14)16-11)8-10-4-2-3-7-18-10/h5-6,10H,2-4,7-8H2,1H3,(H2,14,16). The maximum atomic E-state index is 6.02. The van der Waals surface area contributed by atoms with Crippen molar-refractivity contribution < 1.29 is 0 Å². The number of hydrogen-bond donors (Lipinski definition) is 1. The Hall–Kier alpha value is -1.23. The van der Waals surface area contributed by atoms with Crippen LogP contribution in [-0.4, -0.2) is 25.5 Å². The molecule has 4 nitrogen and oxygen atoms in total. The monoisotopic (exact) mass is 262 g/mol. The van der Waals surface area contributed by atoms with Gasteiger partial charge in [0.2, 0.25) is 5.95 Å². The molecule has 2 N–H and O–H groups in total. The van der Waals surface area contributed by atoms with Gasteiger partial charge in [-0.25, -0.2) is 9.97 Å². The van der Waals surface area contributed by atoms with Crippen LogP contribution in [0.1, 0.15) is 25.0 Å². The number of anilines is 1. The van der Waals surface area contributed by atoms with Crippen LogP contribution in [0.5, 0.6) is 0 Å². The van der Waals surface area contributed by atoms with Gasteiger partial charge < -0.3 is 5.73 Å². The first-order chi connectivity index (χ1) is 8.74. The fourth-order valence-corrected chi connectivity index (χ4v) is 3.74. The molecule has 0 radical (unpaired) electrons. The second-order valence-corrected chi connectivity index (χ2v) is 6.27. The molecule has 0 saturated carbocycles. The molecular weight excluding hydrogens is 244 g/mol. The number of fused-ring (bicyclic) bond motifs is 1. The minimum atomic E-state index is 0.592. The largest absolute Gasteiger partial charge is 0.369 e. The predicted octanol–water partition coefficient (Wildman–Crippen LogP) is 2.61. The quantitative estimate of drug-likeness (QED) is 0.904. The molecule has 96 valence electrons. The summed E-state index contributed by atoms with van der Waals surface area (Å²) in [5, 5.41) is 0.653. The van der Waals surface area contributed by atoms with Gasteiger partial charge in [0.1, 0.15) is 5.52 Å². The molecule has 0 bridgehead atoms. The van der Waals surface area contributed by atoms with Crippen LogP contribution >= 0.6 is 11.8 Å². The maximum Gasteiger partial charge on any atom is 0.202 e. The van der Waals surface area contributed by atoms with Crippen LogP contribution in [0.3, 0.4) is 0 Å². The summed E-state index contributed by atoms with van der Waals surface area (Å²) >= 11 is 2.05. The summed E-state index contributed by atoms with van der Waals surface area (Å²) in [6.07, 6.45) is 3.95. The molecule has 18 heavy (non-hydrogen) atoms. The Kier molecular flexibility index (Phi) is 3.16. The average molecular weight is 262 g/mol. The van der Waals surface area contributed by atoms with Gasteiger partial charge >= 0.3 is 0 Å². The van der Waals surface area contributed by atoms with E-state index in [-0.39, 0.29) is 0 Å². The zero-order chi connectivity index (χ0) is 12.5. The number of pyridine rings is 1. The molecule has 0 aromatic carbocycles.